The SMILES string of the molecule is Cc1c(Cl)ccc2sc(=NS(=O)(=O)c3ccc(F)cc3)n(C)c12. The molecule has 3 aromatic rings. The van der Waals surface area contributed by atoms with E-state index in [1.54, 1.807) is 17.7 Å². The van der Waals surface area contributed by atoms with Crippen LogP contribution in [0.25, 0.3) is 10.2 Å². The van der Waals surface area contributed by atoms with Gasteiger partial charge in [-0.3, -0.25) is 0 Å². The Morgan fingerprint density at radius 1 is 1.17 bits per heavy atom. The molecule has 0 N–H and O–H groups in total. The average Bonchev–Trinajstić information content (AvgIpc) is 2.80. The summed E-state index contributed by atoms with van der Waals surface area (Å²) in [6, 6.07) is 8.19. The predicted molar refractivity (Wildman–Crippen MR) is 89.7 cm³/mol. The maximum absolute atomic E-state index is 12.9. The second-order valence-electron chi connectivity index (χ2n) is 4.98. The largest absolute Gasteiger partial charge is 0.319 e. The molecule has 0 fully saturated rings. The van der Waals surface area contributed by atoms with E-state index in [1.807, 2.05) is 13.0 Å². The van der Waals surface area contributed by atoms with Crippen molar-refractivity contribution in [2.75, 3.05) is 0 Å². The Morgan fingerprint density at radius 2 is 1.83 bits per heavy atom. The molecule has 8 heteroatoms. The molecule has 23 heavy (non-hydrogen) atoms. The van der Waals surface area contributed by atoms with E-state index < -0.39 is 15.8 Å². The fourth-order valence-corrected chi connectivity index (χ4v) is 4.71. The van der Waals surface area contributed by atoms with Gasteiger partial charge in [-0.1, -0.05) is 22.9 Å². The van der Waals surface area contributed by atoms with Crippen LogP contribution in [0.1, 0.15) is 5.56 Å². The first-order valence-corrected chi connectivity index (χ1v) is 9.24. The number of benzene rings is 2. The van der Waals surface area contributed by atoms with Gasteiger partial charge in [-0.15, -0.1) is 4.40 Å². The molecule has 0 radical (unpaired) electrons. The van der Waals surface area contributed by atoms with Gasteiger partial charge in [0.2, 0.25) is 4.80 Å². The molecule has 0 spiro atoms. The molecule has 0 saturated carbocycles. The molecular weight excluding hydrogens is 359 g/mol. The molecule has 1 aromatic heterocycles. The molecule has 0 amide bonds. The van der Waals surface area contributed by atoms with Crippen LogP contribution in [0, 0.1) is 12.7 Å². The van der Waals surface area contributed by atoms with E-state index in [0.717, 1.165) is 27.9 Å². The summed E-state index contributed by atoms with van der Waals surface area (Å²) in [5.41, 5.74) is 1.71. The average molecular weight is 371 g/mol. The zero-order valence-corrected chi connectivity index (χ0v) is 14.6. The molecule has 0 saturated heterocycles. The summed E-state index contributed by atoms with van der Waals surface area (Å²) < 4.78 is 44.2. The maximum atomic E-state index is 12.9. The van der Waals surface area contributed by atoms with Gasteiger partial charge < -0.3 is 4.57 Å². The highest BCUT2D eigenvalue weighted by molar-refractivity contribution is 7.90. The number of hydrogen-bond acceptors (Lipinski definition) is 3. The maximum Gasteiger partial charge on any atom is 0.285 e. The molecule has 0 aliphatic rings. The van der Waals surface area contributed by atoms with Crippen molar-refractivity contribution in [2.45, 2.75) is 11.8 Å². The van der Waals surface area contributed by atoms with Gasteiger partial charge in [0.15, 0.2) is 0 Å². The number of halogens is 2. The highest BCUT2D eigenvalue weighted by Gasteiger charge is 2.15. The highest BCUT2D eigenvalue weighted by atomic mass is 35.5. The molecule has 0 atom stereocenters. The highest BCUT2D eigenvalue weighted by Crippen LogP contribution is 2.26. The summed E-state index contributed by atoms with van der Waals surface area (Å²) in [5.74, 6) is -0.498. The van der Waals surface area contributed by atoms with Gasteiger partial charge in [-0.25, -0.2) is 4.39 Å². The Hall–Kier alpha value is -1.70. The van der Waals surface area contributed by atoms with Crippen LogP contribution in [0.4, 0.5) is 4.39 Å². The second kappa shape index (κ2) is 5.74. The smallest absolute Gasteiger partial charge is 0.285 e. The van der Waals surface area contributed by atoms with Crippen molar-refractivity contribution in [2.24, 2.45) is 11.4 Å². The van der Waals surface area contributed by atoms with E-state index in [2.05, 4.69) is 4.40 Å². The van der Waals surface area contributed by atoms with E-state index in [4.69, 9.17) is 11.6 Å². The Bertz CT molecular complexity index is 1070. The zero-order valence-electron chi connectivity index (χ0n) is 12.2. The third kappa shape index (κ3) is 2.91. The van der Waals surface area contributed by atoms with Crippen molar-refractivity contribution in [1.82, 2.24) is 4.57 Å². The van der Waals surface area contributed by atoms with E-state index in [0.29, 0.717) is 9.82 Å². The fraction of sp³-hybridized carbons (Fsp3) is 0.133. The van der Waals surface area contributed by atoms with Crippen LogP contribution >= 0.6 is 22.9 Å². The van der Waals surface area contributed by atoms with Gasteiger partial charge in [0, 0.05) is 12.1 Å². The molecule has 120 valence electrons. The first-order chi connectivity index (χ1) is 10.8. The fourth-order valence-electron chi connectivity index (χ4n) is 2.25. The quantitative estimate of drug-likeness (QED) is 0.691. The van der Waals surface area contributed by atoms with Crippen LogP contribution in [-0.4, -0.2) is 13.0 Å². The lowest BCUT2D eigenvalue weighted by molar-refractivity contribution is 0.595. The number of hydrogen-bond donors (Lipinski definition) is 0. The normalized spacial score (nSPS) is 13.0. The molecule has 3 rings (SSSR count). The van der Waals surface area contributed by atoms with E-state index in [1.165, 1.54) is 23.5 Å². The second-order valence-corrected chi connectivity index (χ2v) is 8.00. The molecule has 1 heterocycles. The van der Waals surface area contributed by atoms with Crippen molar-refractivity contribution < 1.29 is 12.8 Å². The van der Waals surface area contributed by atoms with Gasteiger partial charge in [-0.05, 0) is 48.9 Å². The number of nitrogens with zero attached hydrogens (tertiary/aromatic N) is 2. The summed E-state index contributed by atoms with van der Waals surface area (Å²) in [7, 11) is -2.17. The zero-order chi connectivity index (χ0) is 16.8. The molecule has 4 nitrogen and oxygen atoms in total. The lowest BCUT2D eigenvalue weighted by atomic mass is 10.2. The predicted octanol–water partition coefficient (Wildman–Crippen LogP) is 3.63. The molecule has 0 aliphatic heterocycles. The van der Waals surface area contributed by atoms with Crippen molar-refractivity contribution in [3.63, 3.8) is 0 Å². The summed E-state index contributed by atoms with van der Waals surface area (Å²) in [6.45, 7) is 1.87. The molecular formula is C15H12ClFN2O2S2. The van der Waals surface area contributed by atoms with Crippen LogP contribution in [0.15, 0.2) is 45.7 Å². The lowest BCUT2D eigenvalue weighted by Gasteiger charge is -2.02. The Labute approximate surface area is 141 Å². The van der Waals surface area contributed by atoms with Crippen LogP contribution < -0.4 is 4.80 Å². The minimum Gasteiger partial charge on any atom is -0.319 e. The Kier molecular flexibility index (Phi) is 4.03. The first kappa shape index (κ1) is 16.2. The molecule has 2 aromatic carbocycles. The Balaban J connectivity index is 2.23. The monoisotopic (exact) mass is 370 g/mol. The summed E-state index contributed by atoms with van der Waals surface area (Å²) >= 11 is 7.38. The lowest BCUT2D eigenvalue weighted by Crippen LogP contribution is -2.14. The van der Waals surface area contributed by atoms with E-state index in [9.17, 15) is 12.8 Å². The molecule has 0 aliphatic carbocycles. The minimum absolute atomic E-state index is 0.0499. The summed E-state index contributed by atoms with van der Waals surface area (Å²) in [6.07, 6.45) is 0. The minimum atomic E-state index is -3.91. The van der Waals surface area contributed by atoms with Crippen LogP contribution in [0.5, 0.6) is 0 Å². The van der Waals surface area contributed by atoms with Crippen molar-refractivity contribution >= 4 is 43.2 Å². The van der Waals surface area contributed by atoms with Crippen molar-refractivity contribution in [3.05, 3.63) is 57.6 Å². The van der Waals surface area contributed by atoms with E-state index in [-0.39, 0.29) is 4.90 Å². The molecule has 0 bridgehead atoms. The van der Waals surface area contributed by atoms with Crippen LogP contribution in [0.3, 0.4) is 0 Å². The molecule has 0 unspecified atom stereocenters. The number of aromatic nitrogens is 1. The standard InChI is InChI=1S/C15H12ClFN2O2S2/c1-9-12(16)7-8-13-14(9)19(2)15(22-13)18-23(20,21)11-5-3-10(17)4-6-11/h3-8H,1-2H3. The van der Waals surface area contributed by atoms with Gasteiger partial charge in [0.25, 0.3) is 10.0 Å². The number of fused-ring (bicyclic) bond motifs is 1. The third-order valence-corrected chi connectivity index (χ3v) is 6.36. The summed E-state index contributed by atoms with van der Waals surface area (Å²) in [4.78, 5) is 0.279. The topological polar surface area (TPSA) is 51.4 Å². The first-order valence-electron chi connectivity index (χ1n) is 6.61. The van der Waals surface area contributed by atoms with Crippen molar-refractivity contribution in [1.29, 1.82) is 0 Å². The van der Waals surface area contributed by atoms with Crippen LogP contribution in [0.2, 0.25) is 5.02 Å². The number of aryl methyl sites for hydroxylation is 2. The number of sulfonamides is 1. The summed E-state index contributed by atoms with van der Waals surface area (Å²) in [5, 5.41) is 0.610. The number of rotatable bonds is 2. The van der Waals surface area contributed by atoms with Gasteiger partial charge in [0.1, 0.15) is 5.82 Å². The van der Waals surface area contributed by atoms with Crippen molar-refractivity contribution in [3.8, 4) is 0 Å². The van der Waals surface area contributed by atoms with E-state index >= 15 is 0 Å². The van der Waals surface area contributed by atoms with Gasteiger partial charge in [-0.2, -0.15) is 8.42 Å². The van der Waals surface area contributed by atoms with Crippen LogP contribution in [-0.2, 0) is 17.1 Å². The number of thiazole rings is 1. The van der Waals surface area contributed by atoms with Gasteiger partial charge in [0.05, 0.1) is 15.1 Å². The third-order valence-electron chi connectivity index (χ3n) is 3.46. The van der Waals surface area contributed by atoms with Gasteiger partial charge >= 0.3 is 0 Å². The Morgan fingerprint density at radius 3 is 2.48 bits per heavy atom.